The van der Waals surface area contributed by atoms with Gasteiger partial charge in [-0.15, -0.1) is 0 Å². The Balaban J connectivity index is 2.52. The molecule has 86 valence electrons. The van der Waals surface area contributed by atoms with Gasteiger partial charge < -0.3 is 5.32 Å². The molecule has 1 amide bonds. The fraction of sp³-hybridized carbons (Fsp3) is 0.273. The Kier molecular flexibility index (Phi) is 4.61. The van der Waals surface area contributed by atoms with Gasteiger partial charge in [-0.2, -0.15) is 0 Å². The van der Waals surface area contributed by atoms with Crippen molar-refractivity contribution in [1.29, 1.82) is 0 Å². The van der Waals surface area contributed by atoms with E-state index < -0.39 is 11.7 Å². The first-order valence-electron chi connectivity index (χ1n) is 4.73. The molecule has 0 saturated heterocycles. The minimum absolute atomic E-state index is 0.242. The van der Waals surface area contributed by atoms with Gasteiger partial charge >= 0.3 is 0 Å². The lowest BCUT2D eigenvalue weighted by Gasteiger charge is -2.05. The molecule has 0 radical (unpaired) electrons. The van der Waals surface area contributed by atoms with Crippen molar-refractivity contribution in [3.8, 4) is 0 Å². The molecule has 0 saturated carbocycles. The molecule has 1 rings (SSSR count). The summed E-state index contributed by atoms with van der Waals surface area (Å²) in [5.41, 5.74) is 0.498. The van der Waals surface area contributed by atoms with E-state index in [-0.39, 0.29) is 12.4 Å². The van der Waals surface area contributed by atoms with E-state index >= 15 is 0 Å². The molecule has 0 spiro atoms. The van der Waals surface area contributed by atoms with E-state index in [1.54, 1.807) is 12.1 Å². The zero-order valence-electron chi connectivity index (χ0n) is 8.72. The van der Waals surface area contributed by atoms with Crippen molar-refractivity contribution >= 4 is 27.6 Å². The van der Waals surface area contributed by atoms with Crippen molar-refractivity contribution in [2.45, 2.75) is 13.3 Å². The van der Waals surface area contributed by atoms with E-state index in [1.165, 1.54) is 13.0 Å². The van der Waals surface area contributed by atoms with E-state index in [0.29, 0.717) is 12.0 Å². The maximum Gasteiger partial charge on any atom is 0.287 e. The topological polar surface area (TPSA) is 46.2 Å². The molecule has 5 heteroatoms. The Labute approximate surface area is 101 Å². The van der Waals surface area contributed by atoms with Crippen molar-refractivity contribution in [3.63, 3.8) is 0 Å². The molecular weight excluding hydrogens is 277 g/mol. The standard InChI is InChI=1S/C11H11BrFNO2/c1-7(15)11(16)14-5-4-8-6-9(12)2-3-10(8)13/h2-3,6H,4-5H2,1H3,(H,14,16). The number of ketones is 1. The highest BCUT2D eigenvalue weighted by Gasteiger charge is 2.07. The molecule has 3 nitrogen and oxygen atoms in total. The molecule has 0 aliphatic heterocycles. The van der Waals surface area contributed by atoms with E-state index in [9.17, 15) is 14.0 Å². The molecule has 0 atom stereocenters. The van der Waals surface area contributed by atoms with Crippen LogP contribution in [0.25, 0.3) is 0 Å². The van der Waals surface area contributed by atoms with Crippen LogP contribution in [-0.2, 0) is 16.0 Å². The summed E-state index contributed by atoms with van der Waals surface area (Å²) in [6.45, 7) is 1.43. The number of hydrogen-bond acceptors (Lipinski definition) is 2. The number of carbonyl (C=O) groups is 2. The Hall–Kier alpha value is -1.23. The van der Waals surface area contributed by atoms with Crippen molar-refractivity contribution in [2.75, 3.05) is 6.54 Å². The van der Waals surface area contributed by atoms with Gasteiger partial charge in [0.2, 0.25) is 5.78 Å². The van der Waals surface area contributed by atoms with E-state index in [4.69, 9.17) is 0 Å². The maximum absolute atomic E-state index is 13.3. The molecule has 0 fully saturated rings. The summed E-state index contributed by atoms with van der Waals surface area (Å²) in [4.78, 5) is 21.5. The van der Waals surface area contributed by atoms with Gasteiger partial charge in [-0.05, 0) is 30.2 Å². The monoisotopic (exact) mass is 287 g/mol. The normalized spacial score (nSPS) is 9.94. The summed E-state index contributed by atoms with van der Waals surface area (Å²) in [5.74, 6) is -1.51. The second-order valence-electron chi connectivity index (χ2n) is 3.30. The largest absolute Gasteiger partial charge is 0.349 e. The third-order valence-corrected chi connectivity index (χ3v) is 2.50. The number of halogens is 2. The van der Waals surface area contributed by atoms with Gasteiger partial charge in [-0.3, -0.25) is 9.59 Å². The molecule has 0 aromatic heterocycles. The van der Waals surface area contributed by atoms with E-state index in [1.807, 2.05) is 0 Å². The van der Waals surface area contributed by atoms with Crippen LogP contribution < -0.4 is 5.32 Å². The molecule has 0 aliphatic carbocycles. The highest BCUT2D eigenvalue weighted by Crippen LogP contribution is 2.15. The molecule has 0 unspecified atom stereocenters. The highest BCUT2D eigenvalue weighted by molar-refractivity contribution is 9.10. The lowest BCUT2D eigenvalue weighted by atomic mass is 10.1. The highest BCUT2D eigenvalue weighted by atomic mass is 79.9. The van der Waals surface area contributed by atoms with Crippen molar-refractivity contribution in [3.05, 3.63) is 34.1 Å². The lowest BCUT2D eigenvalue weighted by Crippen LogP contribution is -2.30. The summed E-state index contributed by atoms with van der Waals surface area (Å²) in [6.07, 6.45) is 0.351. The molecular formula is C11H11BrFNO2. The van der Waals surface area contributed by atoms with Crippen LogP contribution in [0.1, 0.15) is 12.5 Å². The van der Waals surface area contributed by atoms with Crippen LogP contribution in [0, 0.1) is 5.82 Å². The summed E-state index contributed by atoms with van der Waals surface area (Å²) in [6, 6.07) is 4.61. The van der Waals surface area contributed by atoms with Gasteiger partial charge in [-0.25, -0.2) is 4.39 Å². The summed E-state index contributed by atoms with van der Waals surface area (Å²) in [5, 5.41) is 2.41. The number of benzene rings is 1. The van der Waals surface area contributed by atoms with Crippen LogP contribution in [0.15, 0.2) is 22.7 Å². The van der Waals surface area contributed by atoms with E-state index in [0.717, 1.165) is 4.47 Å². The van der Waals surface area contributed by atoms with Crippen molar-refractivity contribution < 1.29 is 14.0 Å². The lowest BCUT2D eigenvalue weighted by molar-refractivity contribution is -0.136. The first-order chi connectivity index (χ1) is 7.50. The van der Waals surface area contributed by atoms with Gasteiger partial charge in [-0.1, -0.05) is 15.9 Å². The fourth-order valence-corrected chi connectivity index (χ4v) is 1.58. The predicted octanol–water partition coefficient (Wildman–Crippen LogP) is 1.84. The second kappa shape index (κ2) is 5.75. The molecule has 1 N–H and O–H groups in total. The van der Waals surface area contributed by atoms with Crippen molar-refractivity contribution in [2.24, 2.45) is 0 Å². The zero-order valence-corrected chi connectivity index (χ0v) is 10.3. The number of Topliss-reactive ketones (excluding diaryl/α,β-unsaturated/α-hetero) is 1. The van der Waals surface area contributed by atoms with Gasteiger partial charge in [0.1, 0.15) is 5.82 Å². The van der Waals surface area contributed by atoms with E-state index in [2.05, 4.69) is 21.2 Å². The van der Waals surface area contributed by atoms with Gasteiger partial charge in [0.15, 0.2) is 0 Å². The van der Waals surface area contributed by atoms with Gasteiger partial charge in [0.05, 0.1) is 0 Å². The third kappa shape index (κ3) is 3.73. The van der Waals surface area contributed by atoms with Crippen LogP contribution in [0.5, 0.6) is 0 Å². The first-order valence-corrected chi connectivity index (χ1v) is 5.52. The van der Waals surface area contributed by atoms with Crippen LogP contribution in [0.4, 0.5) is 4.39 Å². The molecule has 1 aromatic rings. The zero-order chi connectivity index (χ0) is 12.1. The van der Waals surface area contributed by atoms with Gasteiger partial charge in [0.25, 0.3) is 5.91 Å². The fourth-order valence-electron chi connectivity index (χ4n) is 1.17. The predicted molar refractivity (Wildman–Crippen MR) is 61.5 cm³/mol. The number of amides is 1. The summed E-state index contributed by atoms with van der Waals surface area (Å²) < 4.78 is 14.0. The minimum Gasteiger partial charge on any atom is -0.349 e. The molecule has 0 aliphatic rings. The molecule has 1 aromatic carbocycles. The van der Waals surface area contributed by atoms with Crippen molar-refractivity contribution in [1.82, 2.24) is 5.32 Å². The Morgan fingerprint density at radius 1 is 1.44 bits per heavy atom. The average Bonchev–Trinajstić information content (AvgIpc) is 2.22. The van der Waals surface area contributed by atoms with Crippen LogP contribution >= 0.6 is 15.9 Å². The Bertz CT molecular complexity index is 420. The number of carbonyl (C=O) groups excluding carboxylic acids is 2. The number of hydrogen-bond donors (Lipinski definition) is 1. The maximum atomic E-state index is 13.3. The molecule has 0 heterocycles. The van der Waals surface area contributed by atoms with Crippen LogP contribution in [0.3, 0.4) is 0 Å². The SMILES string of the molecule is CC(=O)C(=O)NCCc1cc(Br)ccc1F. The third-order valence-electron chi connectivity index (χ3n) is 2.01. The molecule has 16 heavy (non-hydrogen) atoms. The summed E-state index contributed by atoms with van der Waals surface area (Å²) in [7, 11) is 0. The smallest absolute Gasteiger partial charge is 0.287 e. The first kappa shape index (κ1) is 12.8. The van der Waals surface area contributed by atoms with Crippen LogP contribution in [-0.4, -0.2) is 18.2 Å². The quantitative estimate of drug-likeness (QED) is 0.859. The average molecular weight is 288 g/mol. The Morgan fingerprint density at radius 3 is 2.75 bits per heavy atom. The molecule has 0 bridgehead atoms. The van der Waals surface area contributed by atoms with Gasteiger partial charge in [0, 0.05) is 17.9 Å². The summed E-state index contributed by atoms with van der Waals surface area (Å²) >= 11 is 3.23. The number of nitrogens with one attached hydrogen (secondary N) is 1. The second-order valence-corrected chi connectivity index (χ2v) is 4.21. The number of rotatable bonds is 4. The van der Waals surface area contributed by atoms with Crippen LogP contribution in [0.2, 0.25) is 0 Å². The minimum atomic E-state index is -0.643. The Morgan fingerprint density at radius 2 is 2.12 bits per heavy atom.